The Morgan fingerprint density at radius 1 is 1.31 bits per heavy atom. The van der Waals surface area contributed by atoms with Crippen molar-refractivity contribution in [3.05, 3.63) is 58.4 Å². The predicted octanol–water partition coefficient (Wildman–Crippen LogP) is 3.47. The molecule has 0 bridgehead atoms. The van der Waals surface area contributed by atoms with Crippen molar-refractivity contribution in [2.45, 2.75) is 39.5 Å². The maximum atomic E-state index is 13.0. The summed E-state index contributed by atoms with van der Waals surface area (Å²) in [6.45, 7) is 9.68. The Labute approximate surface area is 174 Å². The summed E-state index contributed by atoms with van der Waals surface area (Å²) in [4.78, 5) is 37.8. The van der Waals surface area contributed by atoms with Gasteiger partial charge >= 0.3 is 0 Å². The van der Waals surface area contributed by atoms with Gasteiger partial charge in [0.25, 0.3) is 0 Å². The molecule has 1 N–H and O–H groups in total. The number of hydrogen-bond donors (Lipinski definition) is 1. The first-order valence-electron chi connectivity index (χ1n) is 9.46. The molecule has 0 radical (unpaired) electrons. The van der Waals surface area contributed by atoms with E-state index >= 15 is 0 Å². The number of aryl methyl sites for hydroxylation is 2. The van der Waals surface area contributed by atoms with Crippen molar-refractivity contribution in [3.63, 3.8) is 0 Å². The van der Waals surface area contributed by atoms with Gasteiger partial charge < -0.3 is 5.32 Å². The van der Waals surface area contributed by atoms with Crippen LogP contribution in [0.5, 0.6) is 0 Å². The number of amides is 1. The lowest BCUT2D eigenvalue weighted by Crippen LogP contribution is -2.28. The van der Waals surface area contributed by atoms with Gasteiger partial charge in [0.1, 0.15) is 11.7 Å². The van der Waals surface area contributed by atoms with Crippen molar-refractivity contribution in [1.29, 1.82) is 0 Å². The lowest BCUT2D eigenvalue weighted by atomic mass is 9.87. The fourth-order valence-electron chi connectivity index (χ4n) is 3.86. The zero-order valence-corrected chi connectivity index (χ0v) is 17.5. The van der Waals surface area contributed by atoms with Gasteiger partial charge in [-0.2, -0.15) is 5.10 Å². The van der Waals surface area contributed by atoms with Crippen molar-refractivity contribution in [1.82, 2.24) is 15.1 Å². The Morgan fingerprint density at radius 3 is 2.52 bits per heavy atom. The zero-order valence-electron chi connectivity index (χ0n) is 16.8. The topological polar surface area (TPSA) is 81.1 Å². The van der Waals surface area contributed by atoms with E-state index in [9.17, 15) is 14.4 Å². The minimum atomic E-state index is -0.816. The van der Waals surface area contributed by atoms with E-state index in [0.717, 1.165) is 28.0 Å². The van der Waals surface area contributed by atoms with Gasteiger partial charge in [0.15, 0.2) is 5.78 Å². The van der Waals surface area contributed by atoms with E-state index in [1.165, 1.54) is 0 Å². The standard InChI is InChI=1S/C22H24ClN3O3/c1-12(2)9-24-19(28)8-15-7-18(27)21(22(15)29)20-13(3)5-17(6-14(20)4)26-11-16(23)10-25-26/h5-6,10-11,15,21H,1,7-9H2,2-4H3,(H,24,28). The van der Waals surface area contributed by atoms with Crippen LogP contribution < -0.4 is 5.32 Å². The highest BCUT2D eigenvalue weighted by Crippen LogP contribution is 2.37. The summed E-state index contributed by atoms with van der Waals surface area (Å²) in [5.74, 6) is -1.94. The van der Waals surface area contributed by atoms with Crippen LogP contribution in [0.3, 0.4) is 0 Å². The van der Waals surface area contributed by atoms with Crippen LogP contribution in [0.2, 0.25) is 5.02 Å². The molecule has 152 valence electrons. The Morgan fingerprint density at radius 2 is 1.97 bits per heavy atom. The van der Waals surface area contributed by atoms with Gasteiger partial charge in [0.05, 0.1) is 16.9 Å². The largest absolute Gasteiger partial charge is 0.352 e. The molecule has 3 rings (SSSR count). The number of halogens is 1. The second-order valence-corrected chi connectivity index (χ2v) is 8.17. The van der Waals surface area contributed by atoms with E-state index in [1.807, 2.05) is 32.9 Å². The number of ketones is 2. The van der Waals surface area contributed by atoms with Gasteiger partial charge in [0, 0.05) is 31.5 Å². The van der Waals surface area contributed by atoms with Crippen molar-refractivity contribution in [3.8, 4) is 5.69 Å². The third kappa shape index (κ3) is 4.48. The molecule has 1 aromatic heterocycles. The fourth-order valence-corrected chi connectivity index (χ4v) is 3.99. The molecule has 1 saturated carbocycles. The van der Waals surface area contributed by atoms with Crippen LogP contribution in [0, 0.1) is 19.8 Å². The number of nitrogens with zero attached hydrogens (tertiary/aromatic N) is 2. The fraction of sp³-hybridized carbons (Fsp3) is 0.364. The van der Waals surface area contributed by atoms with Crippen LogP contribution in [0.15, 0.2) is 36.7 Å². The molecule has 0 spiro atoms. The number of carbonyl (C=O) groups is 3. The van der Waals surface area contributed by atoms with Crippen LogP contribution in [-0.2, 0) is 14.4 Å². The summed E-state index contributed by atoms with van der Waals surface area (Å²) < 4.78 is 1.65. The first-order valence-corrected chi connectivity index (χ1v) is 9.84. The summed E-state index contributed by atoms with van der Waals surface area (Å²) in [6, 6.07) is 3.78. The Kier molecular flexibility index (Phi) is 6.03. The summed E-state index contributed by atoms with van der Waals surface area (Å²) in [6.07, 6.45) is 3.37. The van der Waals surface area contributed by atoms with Crippen LogP contribution in [0.1, 0.15) is 42.4 Å². The number of benzene rings is 1. The highest BCUT2D eigenvalue weighted by molar-refractivity contribution is 6.30. The van der Waals surface area contributed by atoms with E-state index in [2.05, 4.69) is 17.0 Å². The monoisotopic (exact) mass is 413 g/mol. The average Bonchev–Trinajstić information content (AvgIpc) is 3.18. The van der Waals surface area contributed by atoms with E-state index < -0.39 is 11.8 Å². The summed E-state index contributed by atoms with van der Waals surface area (Å²) in [5.41, 5.74) is 4.04. The summed E-state index contributed by atoms with van der Waals surface area (Å²) >= 11 is 5.95. The SMILES string of the molecule is C=C(C)CNC(=O)CC1CC(=O)C(c2c(C)cc(-n3cc(Cl)cn3)cc2C)C1=O. The highest BCUT2D eigenvalue weighted by Gasteiger charge is 2.43. The van der Waals surface area contributed by atoms with Gasteiger partial charge in [-0.1, -0.05) is 23.8 Å². The minimum absolute atomic E-state index is 0.0241. The highest BCUT2D eigenvalue weighted by atomic mass is 35.5. The lowest BCUT2D eigenvalue weighted by molar-refractivity contribution is -0.128. The molecule has 1 amide bonds. The van der Waals surface area contributed by atoms with E-state index in [1.54, 1.807) is 17.1 Å². The molecular formula is C22H24ClN3O3. The van der Waals surface area contributed by atoms with E-state index in [-0.39, 0.29) is 30.3 Å². The number of hydrogen-bond acceptors (Lipinski definition) is 4. The Bertz CT molecular complexity index is 985. The molecule has 2 unspecified atom stereocenters. The molecule has 2 atom stereocenters. The number of aromatic nitrogens is 2. The van der Waals surface area contributed by atoms with Gasteiger partial charge in [0.2, 0.25) is 5.91 Å². The summed E-state index contributed by atoms with van der Waals surface area (Å²) in [7, 11) is 0. The van der Waals surface area contributed by atoms with E-state index in [4.69, 9.17) is 11.6 Å². The van der Waals surface area contributed by atoms with Crippen molar-refractivity contribution >= 4 is 29.1 Å². The molecule has 1 aliphatic carbocycles. The molecule has 1 heterocycles. The third-order valence-electron chi connectivity index (χ3n) is 5.16. The number of rotatable bonds is 6. The van der Waals surface area contributed by atoms with E-state index in [0.29, 0.717) is 11.6 Å². The van der Waals surface area contributed by atoms with Crippen LogP contribution in [0.25, 0.3) is 5.69 Å². The number of carbonyl (C=O) groups excluding carboxylic acids is 3. The molecule has 6 nitrogen and oxygen atoms in total. The Balaban J connectivity index is 1.83. The predicted molar refractivity (Wildman–Crippen MR) is 111 cm³/mol. The van der Waals surface area contributed by atoms with Crippen molar-refractivity contribution in [2.75, 3.05) is 6.54 Å². The smallest absolute Gasteiger partial charge is 0.220 e. The molecule has 29 heavy (non-hydrogen) atoms. The molecule has 1 aliphatic rings. The van der Waals surface area contributed by atoms with Crippen LogP contribution in [0.4, 0.5) is 0 Å². The Hall–Kier alpha value is -2.73. The molecule has 1 fully saturated rings. The summed E-state index contributed by atoms with van der Waals surface area (Å²) in [5, 5.41) is 7.45. The van der Waals surface area contributed by atoms with Gasteiger partial charge in [-0.25, -0.2) is 4.68 Å². The average molecular weight is 414 g/mol. The molecule has 0 aliphatic heterocycles. The van der Waals surface area contributed by atoms with Crippen LogP contribution >= 0.6 is 11.6 Å². The third-order valence-corrected chi connectivity index (χ3v) is 5.35. The van der Waals surface area contributed by atoms with Gasteiger partial charge in [-0.05, 0) is 49.6 Å². The maximum Gasteiger partial charge on any atom is 0.220 e. The van der Waals surface area contributed by atoms with Crippen LogP contribution in [-0.4, -0.2) is 33.8 Å². The second-order valence-electron chi connectivity index (χ2n) is 7.74. The first kappa shape index (κ1) is 21.0. The van der Waals surface area contributed by atoms with Crippen molar-refractivity contribution < 1.29 is 14.4 Å². The number of Topliss-reactive ketones (excluding diaryl/α,β-unsaturated/α-hetero) is 2. The van der Waals surface area contributed by atoms with Gasteiger partial charge in [-0.15, -0.1) is 0 Å². The first-order chi connectivity index (χ1) is 13.7. The molecule has 7 heteroatoms. The molecule has 0 saturated heterocycles. The molecular weight excluding hydrogens is 390 g/mol. The minimum Gasteiger partial charge on any atom is -0.352 e. The maximum absolute atomic E-state index is 13.0. The second kappa shape index (κ2) is 8.33. The lowest BCUT2D eigenvalue weighted by Gasteiger charge is -2.17. The van der Waals surface area contributed by atoms with Gasteiger partial charge in [-0.3, -0.25) is 14.4 Å². The molecule has 1 aromatic carbocycles. The molecule has 2 aromatic rings. The quantitative estimate of drug-likeness (QED) is 0.580. The normalized spacial score (nSPS) is 18.9. The number of nitrogens with one attached hydrogen (secondary N) is 1. The zero-order chi connectivity index (χ0) is 21.3. The van der Waals surface area contributed by atoms with Crippen molar-refractivity contribution in [2.24, 2.45) is 5.92 Å².